The van der Waals surface area contributed by atoms with E-state index >= 15 is 0 Å². The van der Waals surface area contributed by atoms with Gasteiger partial charge >= 0.3 is 0 Å². The summed E-state index contributed by atoms with van der Waals surface area (Å²) in [6.07, 6.45) is 2.64. The van der Waals surface area contributed by atoms with Crippen molar-refractivity contribution >= 4 is 0 Å². The molecule has 8 heavy (non-hydrogen) atoms. The van der Waals surface area contributed by atoms with Crippen molar-refractivity contribution in [1.82, 2.24) is 5.32 Å². The maximum absolute atomic E-state index is 9.89. The monoisotopic (exact) mass is 114 g/mol. The highest BCUT2D eigenvalue weighted by molar-refractivity contribution is 4.96. The predicted molar refractivity (Wildman–Crippen MR) is 27.9 cm³/mol. The van der Waals surface area contributed by atoms with Crippen LogP contribution in [0.1, 0.15) is 0 Å². The van der Waals surface area contributed by atoms with Gasteiger partial charge in [-0.05, 0) is 0 Å². The zero-order valence-corrected chi connectivity index (χ0v) is 4.20. The molecule has 0 radical (unpaired) electrons. The largest absolute Gasteiger partial charge is 0.285 e. The average Bonchev–Trinajstić information content (AvgIpc) is 2.12. The average molecular weight is 114 g/mol. The van der Waals surface area contributed by atoms with Crippen LogP contribution >= 0.6 is 0 Å². The van der Waals surface area contributed by atoms with E-state index in [-0.39, 0.29) is 4.92 Å². The van der Waals surface area contributed by atoms with Gasteiger partial charge in [-0.15, -0.1) is 0 Å². The molecule has 4 nitrogen and oxygen atoms in total. The molecule has 1 atom stereocenters. The van der Waals surface area contributed by atoms with Crippen molar-refractivity contribution < 1.29 is 4.92 Å². The summed E-state index contributed by atoms with van der Waals surface area (Å²) in [4.78, 5) is 9.54. The fraction of sp³-hybridized carbons (Fsp3) is 0.500. The number of nitrogens with one attached hydrogen (secondary N) is 1. The summed E-state index contributed by atoms with van der Waals surface area (Å²) in [7, 11) is 0. The topological polar surface area (TPSA) is 55.2 Å². The Balaban J connectivity index is 2.48. The van der Waals surface area contributed by atoms with Crippen LogP contribution in [0.4, 0.5) is 0 Å². The number of nitrogens with zero attached hydrogens (tertiary/aromatic N) is 1. The molecule has 1 unspecified atom stereocenters. The van der Waals surface area contributed by atoms with Crippen LogP contribution in [0.25, 0.3) is 0 Å². The predicted octanol–water partition coefficient (Wildman–Crippen LogP) is -0.251. The van der Waals surface area contributed by atoms with E-state index < -0.39 is 6.17 Å². The second-order valence-electron chi connectivity index (χ2n) is 1.57. The van der Waals surface area contributed by atoms with Gasteiger partial charge in [-0.1, -0.05) is 6.08 Å². The molecule has 0 aromatic carbocycles. The summed E-state index contributed by atoms with van der Waals surface area (Å²) in [6, 6.07) is 0. The molecule has 1 N–H and O–H groups in total. The Morgan fingerprint density at radius 3 is 2.88 bits per heavy atom. The van der Waals surface area contributed by atoms with E-state index in [1.165, 1.54) is 0 Å². The third-order valence-corrected chi connectivity index (χ3v) is 0.990. The maximum Gasteiger partial charge on any atom is 0.285 e. The molecule has 0 fully saturated rings. The first-order chi connectivity index (χ1) is 3.80. The van der Waals surface area contributed by atoms with E-state index in [0.29, 0.717) is 6.54 Å². The van der Waals surface area contributed by atoms with E-state index in [9.17, 15) is 10.1 Å². The summed E-state index contributed by atoms with van der Waals surface area (Å²) in [5.41, 5.74) is 0. The third-order valence-electron chi connectivity index (χ3n) is 0.990. The Morgan fingerprint density at radius 1 is 1.88 bits per heavy atom. The third kappa shape index (κ3) is 0.840. The molecule has 0 aliphatic carbocycles. The van der Waals surface area contributed by atoms with Gasteiger partial charge in [0.1, 0.15) is 0 Å². The van der Waals surface area contributed by atoms with Crippen molar-refractivity contribution in [2.75, 3.05) is 6.54 Å². The molecular formula is C4H6N2O2. The fourth-order valence-electron chi connectivity index (χ4n) is 0.599. The van der Waals surface area contributed by atoms with Crippen LogP contribution in [0.2, 0.25) is 0 Å². The molecule has 1 heterocycles. The lowest BCUT2D eigenvalue weighted by atomic mass is 10.5. The molecule has 0 aromatic heterocycles. The number of hydrogen-bond donors (Lipinski definition) is 1. The van der Waals surface area contributed by atoms with Crippen molar-refractivity contribution in [2.24, 2.45) is 0 Å². The molecule has 1 aliphatic rings. The summed E-state index contributed by atoms with van der Waals surface area (Å²) in [5.74, 6) is 0. The van der Waals surface area contributed by atoms with Crippen LogP contribution in [0.5, 0.6) is 0 Å². The second-order valence-corrected chi connectivity index (χ2v) is 1.57. The second kappa shape index (κ2) is 1.92. The number of nitro groups is 1. The lowest BCUT2D eigenvalue weighted by Crippen LogP contribution is -2.29. The van der Waals surface area contributed by atoms with Gasteiger partial charge in [0.05, 0.1) is 0 Å². The highest BCUT2D eigenvalue weighted by atomic mass is 16.6. The molecular weight excluding hydrogens is 108 g/mol. The summed E-state index contributed by atoms with van der Waals surface area (Å²) < 4.78 is 0. The molecule has 0 bridgehead atoms. The van der Waals surface area contributed by atoms with Crippen molar-refractivity contribution in [3.63, 3.8) is 0 Å². The van der Waals surface area contributed by atoms with Crippen LogP contribution in [0.3, 0.4) is 0 Å². The summed E-state index contributed by atoms with van der Waals surface area (Å²) >= 11 is 0. The van der Waals surface area contributed by atoms with Gasteiger partial charge in [0.25, 0.3) is 6.17 Å². The van der Waals surface area contributed by atoms with Crippen LogP contribution < -0.4 is 5.32 Å². The van der Waals surface area contributed by atoms with Crippen molar-refractivity contribution in [3.05, 3.63) is 22.3 Å². The normalized spacial score (nSPS) is 26.2. The minimum atomic E-state index is -0.644. The fourth-order valence-corrected chi connectivity index (χ4v) is 0.599. The maximum atomic E-state index is 9.89. The molecule has 1 rings (SSSR count). The van der Waals surface area contributed by atoms with Crippen LogP contribution in [-0.4, -0.2) is 17.6 Å². The molecule has 44 valence electrons. The number of hydrogen-bond acceptors (Lipinski definition) is 3. The zero-order chi connectivity index (χ0) is 5.98. The molecule has 0 aromatic rings. The van der Waals surface area contributed by atoms with Gasteiger partial charge in [0, 0.05) is 17.5 Å². The standard InChI is InChI=1S/C4H6N2O2/c7-6(8)4-2-1-3-5-4/h1-2,4-5H,3H2. The zero-order valence-electron chi connectivity index (χ0n) is 4.20. The molecule has 1 aliphatic heterocycles. The smallest absolute Gasteiger partial charge is 0.262 e. The summed E-state index contributed by atoms with van der Waals surface area (Å²) in [6.45, 7) is 0.617. The van der Waals surface area contributed by atoms with E-state index in [4.69, 9.17) is 0 Å². The van der Waals surface area contributed by atoms with E-state index in [1.54, 1.807) is 12.2 Å². The first-order valence-electron chi connectivity index (χ1n) is 2.34. The van der Waals surface area contributed by atoms with Gasteiger partial charge in [-0.25, -0.2) is 5.32 Å². The minimum absolute atomic E-state index is 0.358. The van der Waals surface area contributed by atoms with Gasteiger partial charge in [0.15, 0.2) is 0 Å². The van der Waals surface area contributed by atoms with Crippen LogP contribution in [0, 0.1) is 10.1 Å². The Hall–Kier alpha value is -0.900. The van der Waals surface area contributed by atoms with Crippen molar-refractivity contribution in [3.8, 4) is 0 Å². The molecule has 0 saturated heterocycles. The van der Waals surface area contributed by atoms with Crippen LogP contribution in [0.15, 0.2) is 12.2 Å². The van der Waals surface area contributed by atoms with E-state index in [1.807, 2.05) is 0 Å². The molecule has 0 saturated carbocycles. The van der Waals surface area contributed by atoms with Crippen molar-refractivity contribution in [2.45, 2.75) is 6.17 Å². The minimum Gasteiger partial charge on any atom is -0.262 e. The Morgan fingerprint density at radius 2 is 2.62 bits per heavy atom. The Labute approximate surface area is 46.3 Å². The lowest BCUT2D eigenvalue weighted by Gasteiger charge is -1.96. The molecule has 0 spiro atoms. The van der Waals surface area contributed by atoms with Gasteiger partial charge in [-0.2, -0.15) is 0 Å². The first kappa shape index (κ1) is 5.24. The Bertz CT molecular complexity index is 132. The SMILES string of the molecule is O=[N+]([O-])C1C=CCN1. The van der Waals surface area contributed by atoms with E-state index in [2.05, 4.69) is 5.32 Å². The highest BCUT2D eigenvalue weighted by Gasteiger charge is 2.16. The summed E-state index contributed by atoms with van der Waals surface area (Å²) in [5, 5.41) is 12.5. The van der Waals surface area contributed by atoms with Crippen molar-refractivity contribution in [1.29, 1.82) is 0 Å². The molecule has 0 amide bonds. The first-order valence-corrected chi connectivity index (χ1v) is 2.34. The van der Waals surface area contributed by atoms with Crippen LogP contribution in [-0.2, 0) is 0 Å². The number of rotatable bonds is 1. The molecule has 4 heteroatoms. The lowest BCUT2D eigenvalue weighted by molar-refractivity contribution is -0.514. The quantitative estimate of drug-likeness (QED) is 0.290. The van der Waals surface area contributed by atoms with Gasteiger partial charge < -0.3 is 0 Å². The van der Waals surface area contributed by atoms with E-state index in [0.717, 1.165) is 0 Å². The highest BCUT2D eigenvalue weighted by Crippen LogP contribution is 1.93. The Kier molecular flexibility index (Phi) is 1.26. The van der Waals surface area contributed by atoms with Gasteiger partial charge in [0.2, 0.25) is 0 Å². The van der Waals surface area contributed by atoms with Gasteiger partial charge in [-0.3, -0.25) is 10.1 Å².